The van der Waals surface area contributed by atoms with Gasteiger partial charge in [-0.15, -0.1) is 0 Å². The van der Waals surface area contributed by atoms with Crippen LogP contribution in [0.2, 0.25) is 0 Å². The van der Waals surface area contributed by atoms with Gasteiger partial charge in [0.2, 0.25) is 0 Å². The fourth-order valence-corrected chi connectivity index (χ4v) is 3.68. The second kappa shape index (κ2) is 5.16. The van der Waals surface area contributed by atoms with Crippen LogP contribution in [-0.4, -0.2) is 11.0 Å². The lowest BCUT2D eigenvalue weighted by atomic mass is 9.95. The molecule has 27 heavy (non-hydrogen) atoms. The van der Waals surface area contributed by atoms with Crippen LogP contribution < -0.4 is 4.74 Å². The van der Waals surface area contributed by atoms with Crippen LogP contribution in [0.5, 0.6) is 11.5 Å². The molecule has 140 valence electrons. The highest BCUT2D eigenvalue weighted by Gasteiger charge is 2.79. The Labute approximate surface area is 148 Å². The van der Waals surface area contributed by atoms with Crippen LogP contribution in [0.15, 0.2) is 30.3 Å². The fourth-order valence-electron chi connectivity index (χ4n) is 3.68. The van der Waals surface area contributed by atoms with Gasteiger partial charge in [-0.2, -0.15) is 17.6 Å². The molecule has 0 radical (unpaired) electrons. The molecule has 2 aliphatic rings. The first-order valence-electron chi connectivity index (χ1n) is 7.69. The predicted molar refractivity (Wildman–Crippen MR) is 80.4 cm³/mol. The van der Waals surface area contributed by atoms with E-state index >= 15 is 0 Å². The van der Waals surface area contributed by atoms with E-state index in [1.807, 2.05) is 0 Å². The normalized spacial score (nSPS) is 26.5. The molecule has 0 aliphatic heterocycles. The highest BCUT2D eigenvalue weighted by molar-refractivity contribution is 5.61. The van der Waals surface area contributed by atoms with Crippen molar-refractivity contribution in [1.29, 1.82) is 0 Å². The van der Waals surface area contributed by atoms with Crippen LogP contribution >= 0.6 is 0 Å². The topological polar surface area (TPSA) is 33.8 Å². The highest BCUT2D eigenvalue weighted by Crippen LogP contribution is 2.68. The molecule has 0 aromatic heterocycles. The molecule has 0 unspecified atom stereocenters. The average molecular weight is 385 g/mol. The van der Waals surface area contributed by atoms with Crippen LogP contribution in [0.25, 0.3) is 4.85 Å². The summed E-state index contributed by atoms with van der Waals surface area (Å²) < 4.78 is 89.9. The molecule has 2 atom stereocenters. The molecule has 1 N–H and O–H groups in total. The largest absolute Gasteiger partial charge is 0.458 e. The van der Waals surface area contributed by atoms with Crippen molar-refractivity contribution in [2.45, 2.75) is 30.0 Å². The molecule has 0 saturated heterocycles. The molecule has 2 aromatic carbocycles. The van der Waals surface area contributed by atoms with Crippen molar-refractivity contribution in [3.8, 4) is 11.5 Å². The number of ether oxygens (including phenoxy) is 1. The van der Waals surface area contributed by atoms with Crippen molar-refractivity contribution in [2.75, 3.05) is 0 Å². The lowest BCUT2D eigenvalue weighted by Crippen LogP contribution is -2.48. The smallest absolute Gasteiger partial charge is 0.346 e. The number of rotatable bonds is 2. The maximum atomic E-state index is 14.5. The lowest BCUT2D eigenvalue weighted by molar-refractivity contribution is -0.287. The SMILES string of the molecule is [C-]#[N+]c1cc(F)cc(Oc2ccc3c4c2[C@@H](F)C[C@]4(O)C(F)(F)C3(F)F)c1. The van der Waals surface area contributed by atoms with Crippen molar-refractivity contribution in [2.24, 2.45) is 0 Å². The first kappa shape index (κ1) is 17.7. The molecule has 2 aromatic rings. The summed E-state index contributed by atoms with van der Waals surface area (Å²) in [5, 5.41) is 10.2. The third-order valence-electron chi connectivity index (χ3n) is 4.87. The number of hydrogen-bond donors (Lipinski definition) is 1. The highest BCUT2D eigenvalue weighted by atomic mass is 19.3. The first-order chi connectivity index (χ1) is 12.5. The van der Waals surface area contributed by atoms with Gasteiger partial charge in [-0.25, -0.2) is 13.6 Å². The number of hydrogen-bond acceptors (Lipinski definition) is 2. The minimum atomic E-state index is -4.90. The summed E-state index contributed by atoms with van der Waals surface area (Å²) in [6.07, 6.45) is -3.44. The minimum absolute atomic E-state index is 0.131. The third kappa shape index (κ3) is 2.07. The molecule has 9 heteroatoms. The van der Waals surface area contributed by atoms with Crippen LogP contribution in [0.1, 0.15) is 29.3 Å². The Morgan fingerprint density at radius 2 is 1.85 bits per heavy atom. The van der Waals surface area contributed by atoms with Crippen molar-refractivity contribution in [1.82, 2.24) is 0 Å². The van der Waals surface area contributed by atoms with Crippen molar-refractivity contribution < 1.29 is 36.2 Å². The van der Waals surface area contributed by atoms with Crippen LogP contribution in [-0.2, 0) is 11.5 Å². The molecule has 0 fully saturated rings. The van der Waals surface area contributed by atoms with Crippen LogP contribution in [0, 0.1) is 12.4 Å². The number of nitrogens with zero attached hydrogens (tertiary/aromatic N) is 1. The maximum absolute atomic E-state index is 14.5. The zero-order chi connectivity index (χ0) is 19.8. The molecule has 2 aliphatic carbocycles. The predicted octanol–water partition coefficient (Wildman–Crippen LogP) is 5.51. The van der Waals surface area contributed by atoms with E-state index < -0.39 is 58.3 Å². The number of aliphatic hydroxyl groups is 1. The Balaban J connectivity index is 1.89. The zero-order valence-electron chi connectivity index (χ0n) is 13.2. The zero-order valence-corrected chi connectivity index (χ0v) is 13.2. The van der Waals surface area contributed by atoms with E-state index in [9.17, 15) is 31.4 Å². The van der Waals surface area contributed by atoms with Crippen molar-refractivity contribution in [3.05, 3.63) is 64.3 Å². The van der Waals surface area contributed by atoms with Gasteiger partial charge in [-0.1, -0.05) is 0 Å². The summed E-state index contributed by atoms with van der Waals surface area (Å²) in [5.41, 5.74) is -6.19. The van der Waals surface area contributed by atoms with Gasteiger partial charge in [0.25, 0.3) is 0 Å². The Hall–Kier alpha value is -2.73. The van der Waals surface area contributed by atoms with E-state index in [2.05, 4.69) is 4.85 Å². The molecule has 0 spiro atoms. The van der Waals surface area contributed by atoms with E-state index in [4.69, 9.17) is 11.3 Å². The third-order valence-corrected chi connectivity index (χ3v) is 4.87. The van der Waals surface area contributed by atoms with E-state index in [1.165, 1.54) is 0 Å². The van der Waals surface area contributed by atoms with E-state index in [0.29, 0.717) is 6.07 Å². The second-order valence-corrected chi connectivity index (χ2v) is 6.44. The van der Waals surface area contributed by atoms with Gasteiger partial charge in [0.15, 0.2) is 11.3 Å². The van der Waals surface area contributed by atoms with E-state index in [0.717, 1.165) is 24.3 Å². The van der Waals surface area contributed by atoms with Crippen LogP contribution in [0.3, 0.4) is 0 Å². The molecular formula is C18H9F6NO2. The Bertz CT molecular complexity index is 1020. The van der Waals surface area contributed by atoms with E-state index in [1.54, 1.807) is 0 Å². The molecule has 3 nitrogen and oxygen atoms in total. The summed E-state index contributed by atoms with van der Waals surface area (Å²) in [6, 6.07) is 4.40. The first-order valence-corrected chi connectivity index (χ1v) is 7.69. The van der Waals surface area contributed by atoms with Crippen molar-refractivity contribution in [3.63, 3.8) is 0 Å². The quantitative estimate of drug-likeness (QED) is 0.546. The van der Waals surface area contributed by atoms with Gasteiger partial charge in [0.1, 0.15) is 23.5 Å². The number of alkyl halides is 5. The van der Waals surface area contributed by atoms with Crippen LogP contribution in [0.4, 0.5) is 32.0 Å². The number of halogens is 6. The molecule has 0 heterocycles. The molecule has 0 amide bonds. The van der Waals surface area contributed by atoms with Gasteiger partial charge in [0, 0.05) is 29.2 Å². The standard InChI is InChI=1S/C18H9F6NO2/c1-25-9-4-8(19)5-10(6-9)27-13-3-2-11-15-14(13)12(20)7-16(15,26)18(23,24)17(11,21)22/h2-6,12,26H,7H2/t12-,16+/m0/s1. The molecular weight excluding hydrogens is 376 g/mol. The molecule has 0 bridgehead atoms. The van der Waals surface area contributed by atoms with Gasteiger partial charge in [-0.05, 0) is 24.3 Å². The van der Waals surface area contributed by atoms with Gasteiger partial charge in [-0.3, -0.25) is 0 Å². The van der Waals surface area contributed by atoms with E-state index in [-0.39, 0.29) is 11.4 Å². The van der Waals surface area contributed by atoms with Gasteiger partial charge >= 0.3 is 11.8 Å². The minimum Gasteiger partial charge on any atom is -0.458 e. The monoisotopic (exact) mass is 385 g/mol. The second-order valence-electron chi connectivity index (χ2n) is 6.44. The summed E-state index contributed by atoms with van der Waals surface area (Å²) in [6.45, 7) is 6.89. The summed E-state index contributed by atoms with van der Waals surface area (Å²) >= 11 is 0. The summed E-state index contributed by atoms with van der Waals surface area (Å²) in [4.78, 5) is 3.02. The number of benzene rings is 2. The fraction of sp³-hybridized carbons (Fsp3) is 0.278. The molecule has 0 saturated carbocycles. The Kier molecular flexibility index (Phi) is 3.38. The maximum Gasteiger partial charge on any atom is 0.346 e. The van der Waals surface area contributed by atoms with Gasteiger partial charge < -0.3 is 9.84 Å². The summed E-state index contributed by atoms with van der Waals surface area (Å²) in [7, 11) is 0. The Morgan fingerprint density at radius 3 is 2.52 bits per heavy atom. The average Bonchev–Trinajstić information content (AvgIpc) is 2.92. The molecule has 4 rings (SSSR count). The lowest BCUT2D eigenvalue weighted by Gasteiger charge is -2.30. The van der Waals surface area contributed by atoms with Crippen molar-refractivity contribution >= 4 is 5.69 Å². The Morgan fingerprint density at radius 1 is 1.15 bits per heavy atom. The van der Waals surface area contributed by atoms with Gasteiger partial charge in [0.05, 0.1) is 6.57 Å². The summed E-state index contributed by atoms with van der Waals surface area (Å²) in [5.74, 6) is -11.1.